The van der Waals surface area contributed by atoms with Gasteiger partial charge in [0.1, 0.15) is 11.1 Å². The van der Waals surface area contributed by atoms with Crippen LogP contribution in [0.15, 0.2) is 45.7 Å². The summed E-state index contributed by atoms with van der Waals surface area (Å²) in [4.78, 5) is 23.7. The van der Waals surface area contributed by atoms with Crippen molar-refractivity contribution in [1.29, 1.82) is 0 Å². The van der Waals surface area contributed by atoms with Crippen molar-refractivity contribution in [3.05, 3.63) is 64.2 Å². The number of benzene rings is 1. The van der Waals surface area contributed by atoms with Gasteiger partial charge in [0.2, 0.25) is 5.95 Å². The van der Waals surface area contributed by atoms with Gasteiger partial charge in [0.15, 0.2) is 11.5 Å². The molecule has 0 aliphatic rings. The lowest BCUT2D eigenvalue weighted by atomic mass is 10.3. The summed E-state index contributed by atoms with van der Waals surface area (Å²) < 4.78 is 7.16. The lowest BCUT2D eigenvalue weighted by molar-refractivity contribution is 0.480. The summed E-state index contributed by atoms with van der Waals surface area (Å²) in [5.41, 5.74) is 1.88. The van der Waals surface area contributed by atoms with Crippen LogP contribution in [0.4, 0.5) is 5.95 Å². The number of para-hydroxylation sites is 1. The van der Waals surface area contributed by atoms with Crippen LogP contribution in [0.5, 0.6) is 0 Å². The highest BCUT2D eigenvalue weighted by Crippen LogP contribution is 2.15. The molecule has 0 spiro atoms. The monoisotopic (exact) mass is 336 g/mol. The molecule has 0 radical (unpaired) electrons. The molecule has 0 bridgehead atoms. The van der Waals surface area contributed by atoms with E-state index >= 15 is 0 Å². The number of aryl methyl sites for hydroxylation is 2. The van der Waals surface area contributed by atoms with Gasteiger partial charge in [-0.25, -0.2) is 9.67 Å². The van der Waals surface area contributed by atoms with Crippen LogP contribution in [0.25, 0.3) is 16.7 Å². The summed E-state index contributed by atoms with van der Waals surface area (Å²) in [6.45, 7) is 4.04. The standard InChI is InChI=1S/C17H16N6O2/c1-10-14(25-11(2)20-10)9-18-17-21-15-13(16(24)22-17)8-19-23(15)12-6-4-3-5-7-12/h3-8H,9H2,1-2H3,(H2,18,21,22,24). The molecule has 0 unspecified atom stereocenters. The molecule has 0 amide bonds. The highest BCUT2D eigenvalue weighted by atomic mass is 16.4. The summed E-state index contributed by atoms with van der Waals surface area (Å²) in [6, 6.07) is 9.55. The van der Waals surface area contributed by atoms with Crippen LogP contribution in [0.2, 0.25) is 0 Å². The smallest absolute Gasteiger partial charge is 0.263 e. The Morgan fingerprint density at radius 3 is 2.72 bits per heavy atom. The molecule has 0 aliphatic heterocycles. The van der Waals surface area contributed by atoms with Gasteiger partial charge in [-0.2, -0.15) is 10.1 Å². The van der Waals surface area contributed by atoms with Crippen molar-refractivity contribution in [1.82, 2.24) is 24.7 Å². The predicted octanol–water partition coefficient (Wildman–Crippen LogP) is 2.33. The maximum Gasteiger partial charge on any atom is 0.263 e. The van der Waals surface area contributed by atoms with Crippen molar-refractivity contribution >= 4 is 17.0 Å². The summed E-state index contributed by atoms with van der Waals surface area (Å²) in [5, 5.41) is 7.79. The minimum atomic E-state index is -0.250. The molecule has 0 saturated carbocycles. The van der Waals surface area contributed by atoms with Crippen LogP contribution in [0.1, 0.15) is 17.3 Å². The van der Waals surface area contributed by atoms with Crippen molar-refractivity contribution in [3.63, 3.8) is 0 Å². The number of fused-ring (bicyclic) bond motifs is 1. The van der Waals surface area contributed by atoms with Gasteiger partial charge in [-0.15, -0.1) is 0 Å². The average molecular weight is 336 g/mol. The number of aromatic amines is 1. The lowest BCUT2D eigenvalue weighted by Crippen LogP contribution is -2.13. The second kappa shape index (κ2) is 5.90. The molecule has 0 atom stereocenters. The van der Waals surface area contributed by atoms with Crippen LogP contribution in [-0.4, -0.2) is 24.7 Å². The Kier molecular flexibility index (Phi) is 3.57. The maximum atomic E-state index is 12.3. The Labute approximate surface area is 142 Å². The van der Waals surface area contributed by atoms with Gasteiger partial charge in [-0.05, 0) is 19.1 Å². The molecule has 0 fully saturated rings. The Morgan fingerprint density at radius 1 is 1.20 bits per heavy atom. The normalized spacial score (nSPS) is 11.1. The number of nitrogens with zero attached hydrogens (tertiary/aromatic N) is 4. The molecule has 2 N–H and O–H groups in total. The number of rotatable bonds is 4. The fraction of sp³-hybridized carbons (Fsp3) is 0.176. The first-order valence-corrected chi connectivity index (χ1v) is 7.82. The van der Waals surface area contributed by atoms with E-state index in [2.05, 4.69) is 25.4 Å². The SMILES string of the molecule is Cc1nc(C)c(CNc2nc3c(cnn3-c3ccccc3)c(=O)[nH]2)o1. The number of oxazole rings is 1. The van der Waals surface area contributed by atoms with E-state index in [0.717, 1.165) is 11.4 Å². The first-order chi connectivity index (χ1) is 12.1. The highest BCUT2D eigenvalue weighted by Gasteiger charge is 2.12. The zero-order valence-corrected chi connectivity index (χ0v) is 13.8. The zero-order valence-electron chi connectivity index (χ0n) is 13.8. The molecule has 4 aromatic rings. The Hall–Kier alpha value is -3.42. The molecule has 1 aromatic carbocycles. The maximum absolute atomic E-state index is 12.3. The fourth-order valence-electron chi connectivity index (χ4n) is 2.66. The third-order valence-corrected chi connectivity index (χ3v) is 3.85. The van der Waals surface area contributed by atoms with Gasteiger partial charge in [-0.1, -0.05) is 18.2 Å². The molecule has 8 heteroatoms. The Morgan fingerprint density at radius 2 is 2.00 bits per heavy atom. The Balaban J connectivity index is 1.71. The van der Waals surface area contributed by atoms with Crippen molar-refractivity contribution in [2.24, 2.45) is 0 Å². The molecule has 4 rings (SSSR count). The third-order valence-electron chi connectivity index (χ3n) is 3.85. The number of aromatic nitrogens is 5. The van der Waals surface area contributed by atoms with E-state index < -0.39 is 0 Å². The minimum absolute atomic E-state index is 0.250. The van der Waals surface area contributed by atoms with E-state index in [9.17, 15) is 4.79 Å². The predicted molar refractivity (Wildman–Crippen MR) is 92.8 cm³/mol. The number of H-pyrrole nitrogens is 1. The second-order valence-electron chi connectivity index (χ2n) is 5.64. The molecule has 0 saturated heterocycles. The molecule has 3 aromatic heterocycles. The first-order valence-electron chi connectivity index (χ1n) is 7.82. The largest absolute Gasteiger partial charge is 0.444 e. The van der Waals surface area contributed by atoms with E-state index in [4.69, 9.17) is 4.42 Å². The summed E-state index contributed by atoms with van der Waals surface area (Å²) in [7, 11) is 0. The summed E-state index contributed by atoms with van der Waals surface area (Å²) in [6.07, 6.45) is 1.52. The quantitative estimate of drug-likeness (QED) is 0.593. The molecule has 8 nitrogen and oxygen atoms in total. The van der Waals surface area contributed by atoms with Gasteiger partial charge < -0.3 is 9.73 Å². The van der Waals surface area contributed by atoms with Gasteiger partial charge in [0.25, 0.3) is 5.56 Å². The van der Waals surface area contributed by atoms with E-state index in [1.54, 1.807) is 11.6 Å². The minimum Gasteiger partial charge on any atom is -0.444 e. The van der Waals surface area contributed by atoms with Gasteiger partial charge in [0, 0.05) is 6.92 Å². The van der Waals surface area contributed by atoms with Gasteiger partial charge in [-0.3, -0.25) is 9.78 Å². The highest BCUT2D eigenvalue weighted by molar-refractivity contribution is 5.76. The van der Waals surface area contributed by atoms with Crippen LogP contribution in [0.3, 0.4) is 0 Å². The van der Waals surface area contributed by atoms with Crippen LogP contribution in [0, 0.1) is 13.8 Å². The van der Waals surface area contributed by atoms with Crippen molar-refractivity contribution in [3.8, 4) is 5.69 Å². The molecule has 0 aliphatic carbocycles. The van der Waals surface area contributed by atoms with Crippen LogP contribution in [-0.2, 0) is 6.54 Å². The molecule has 25 heavy (non-hydrogen) atoms. The number of nitrogens with one attached hydrogen (secondary N) is 2. The van der Waals surface area contributed by atoms with E-state index in [1.165, 1.54) is 6.20 Å². The van der Waals surface area contributed by atoms with Gasteiger partial charge >= 0.3 is 0 Å². The fourth-order valence-corrected chi connectivity index (χ4v) is 2.66. The van der Waals surface area contributed by atoms with Crippen molar-refractivity contribution < 1.29 is 4.42 Å². The van der Waals surface area contributed by atoms with Crippen molar-refractivity contribution in [2.45, 2.75) is 20.4 Å². The lowest BCUT2D eigenvalue weighted by Gasteiger charge is -2.06. The Bertz CT molecular complexity index is 1090. The molecular formula is C17H16N6O2. The van der Waals surface area contributed by atoms with E-state index in [-0.39, 0.29) is 5.56 Å². The first kappa shape index (κ1) is 15.1. The third kappa shape index (κ3) is 2.78. The van der Waals surface area contributed by atoms with E-state index in [0.29, 0.717) is 35.2 Å². The van der Waals surface area contributed by atoms with Crippen LogP contribution < -0.4 is 10.9 Å². The average Bonchev–Trinajstić information content (AvgIpc) is 3.17. The number of anilines is 1. The second-order valence-corrected chi connectivity index (χ2v) is 5.64. The number of hydrogen-bond donors (Lipinski definition) is 2. The summed E-state index contributed by atoms with van der Waals surface area (Å²) in [5.74, 6) is 1.66. The van der Waals surface area contributed by atoms with Gasteiger partial charge in [0.05, 0.1) is 24.1 Å². The topological polar surface area (TPSA) is 102 Å². The van der Waals surface area contributed by atoms with Crippen molar-refractivity contribution in [2.75, 3.05) is 5.32 Å². The summed E-state index contributed by atoms with van der Waals surface area (Å²) >= 11 is 0. The van der Waals surface area contributed by atoms with Crippen LogP contribution >= 0.6 is 0 Å². The molecule has 3 heterocycles. The zero-order chi connectivity index (χ0) is 17.4. The molecule has 126 valence electrons. The number of hydrogen-bond acceptors (Lipinski definition) is 6. The van der Waals surface area contributed by atoms with E-state index in [1.807, 2.05) is 37.3 Å². The molecular weight excluding hydrogens is 320 g/mol.